The molecule has 196 valence electrons. The van der Waals surface area contributed by atoms with Crippen LogP contribution < -0.4 is 10.8 Å². The number of carbonyl (C=O) groups is 1. The molecule has 1 saturated carbocycles. The molecule has 0 radical (unpaired) electrons. The van der Waals surface area contributed by atoms with Crippen LogP contribution in [0, 0.1) is 12.5 Å². The first-order valence-corrected chi connectivity index (χ1v) is 13.7. The van der Waals surface area contributed by atoms with Gasteiger partial charge in [0.15, 0.2) is 5.69 Å². The van der Waals surface area contributed by atoms with Crippen LogP contribution in [0.15, 0.2) is 72.8 Å². The Kier molecular flexibility index (Phi) is 8.50. The summed E-state index contributed by atoms with van der Waals surface area (Å²) in [7, 11) is 0. The first-order chi connectivity index (χ1) is 18.6. The van der Waals surface area contributed by atoms with Crippen LogP contribution in [-0.4, -0.2) is 48.2 Å². The Morgan fingerprint density at radius 2 is 1.61 bits per heavy atom. The molecule has 2 fully saturated rings. The van der Waals surface area contributed by atoms with Crippen LogP contribution in [-0.2, 0) is 6.42 Å². The molecule has 5 rings (SSSR count). The predicted octanol–water partition coefficient (Wildman–Crippen LogP) is 5.81. The van der Waals surface area contributed by atoms with Gasteiger partial charge in [0, 0.05) is 17.5 Å². The molecule has 1 amide bonds. The van der Waals surface area contributed by atoms with Gasteiger partial charge in [-0.15, -0.1) is 0 Å². The second kappa shape index (κ2) is 12.4. The van der Waals surface area contributed by atoms with Crippen LogP contribution >= 0.6 is 0 Å². The highest BCUT2D eigenvalue weighted by Crippen LogP contribution is 2.41. The van der Waals surface area contributed by atoms with Crippen LogP contribution in [0.5, 0.6) is 0 Å². The van der Waals surface area contributed by atoms with Gasteiger partial charge in [-0.2, -0.15) is 0 Å². The highest BCUT2D eigenvalue weighted by molar-refractivity contribution is 5.93. The van der Waals surface area contributed by atoms with Crippen molar-refractivity contribution in [1.29, 1.82) is 0 Å². The molecule has 1 saturated heterocycles. The molecule has 2 aliphatic rings. The van der Waals surface area contributed by atoms with Crippen molar-refractivity contribution in [3.05, 3.63) is 101 Å². The number of benzene rings is 3. The van der Waals surface area contributed by atoms with Crippen molar-refractivity contribution in [2.45, 2.75) is 44.1 Å². The SMILES string of the molecule is [C-]#[N+]c1ccc(-c2ccc(C3CC3NCC3CCN(CCCc4ccc(C(=O)NO)cc4)CC3)cc2)cc1. The molecular weight excluding hydrogens is 472 g/mol. The normalized spacial score (nSPS) is 19.6. The number of nitrogens with zero attached hydrogens (tertiary/aromatic N) is 2. The van der Waals surface area contributed by atoms with Crippen molar-refractivity contribution in [2.75, 3.05) is 26.2 Å². The van der Waals surface area contributed by atoms with E-state index in [1.54, 1.807) is 17.6 Å². The van der Waals surface area contributed by atoms with Crippen LogP contribution in [0.4, 0.5) is 5.69 Å². The summed E-state index contributed by atoms with van der Waals surface area (Å²) in [5.41, 5.74) is 7.83. The predicted molar refractivity (Wildman–Crippen MR) is 150 cm³/mol. The van der Waals surface area contributed by atoms with Crippen LogP contribution in [0.2, 0.25) is 0 Å². The minimum absolute atomic E-state index is 0.471. The quantitative estimate of drug-likeness (QED) is 0.184. The van der Waals surface area contributed by atoms with E-state index in [0.29, 0.717) is 23.2 Å². The zero-order valence-electron chi connectivity index (χ0n) is 21.8. The molecule has 1 heterocycles. The van der Waals surface area contributed by atoms with E-state index >= 15 is 0 Å². The molecule has 38 heavy (non-hydrogen) atoms. The van der Waals surface area contributed by atoms with Crippen LogP contribution in [0.25, 0.3) is 16.0 Å². The van der Waals surface area contributed by atoms with E-state index in [2.05, 4.69) is 39.3 Å². The van der Waals surface area contributed by atoms with Crippen LogP contribution in [0.1, 0.15) is 53.1 Å². The highest BCUT2D eigenvalue weighted by atomic mass is 16.5. The number of rotatable bonds is 10. The summed E-state index contributed by atoms with van der Waals surface area (Å²) in [6, 6.07) is 24.8. The first kappa shape index (κ1) is 26.1. The summed E-state index contributed by atoms with van der Waals surface area (Å²) in [5, 5.41) is 12.6. The summed E-state index contributed by atoms with van der Waals surface area (Å²) in [6.07, 6.45) is 5.86. The van der Waals surface area contributed by atoms with Gasteiger partial charge in [0.2, 0.25) is 0 Å². The Morgan fingerprint density at radius 1 is 0.947 bits per heavy atom. The Hall–Kier alpha value is -3.50. The third-order valence-corrected chi connectivity index (χ3v) is 8.09. The number of hydrogen-bond donors (Lipinski definition) is 3. The minimum Gasteiger partial charge on any atom is -0.313 e. The smallest absolute Gasteiger partial charge is 0.274 e. The molecule has 3 N–H and O–H groups in total. The van der Waals surface area contributed by atoms with Crippen molar-refractivity contribution in [1.82, 2.24) is 15.7 Å². The largest absolute Gasteiger partial charge is 0.313 e. The molecule has 0 spiro atoms. The van der Waals surface area contributed by atoms with Gasteiger partial charge in [-0.25, -0.2) is 10.3 Å². The number of hydrogen-bond acceptors (Lipinski definition) is 4. The minimum atomic E-state index is -0.471. The molecule has 0 bridgehead atoms. The lowest BCUT2D eigenvalue weighted by atomic mass is 9.96. The first-order valence-electron chi connectivity index (χ1n) is 13.7. The van der Waals surface area contributed by atoms with E-state index in [9.17, 15) is 4.79 Å². The van der Waals surface area contributed by atoms with Crippen LogP contribution in [0.3, 0.4) is 0 Å². The van der Waals surface area contributed by atoms with Gasteiger partial charge in [-0.05, 0) is 98.6 Å². The van der Waals surface area contributed by atoms with E-state index < -0.39 is 5.91 Å². The number of hydroxylamine groups is 1. The second-order valence-corrected chi connectivity index (χ2v) is 10.7. The van der Waals surface area contributed by atoms with Crippen molar-refractivity contribution < 1.29 is 10.0 Å². The number of aryl methyl sites for hydroxylation is 1. The maximum Gasteiger partial charge on any atom is 0.274 e. The summed E-state index contributed by atoms with van der Waals surface area (Å²) in [4.78, 5) is 17.5. The van der Waals surface area contributed by atoms with E-state index in [-0.39, 0.29) is 0 Å². The van der Waals surface area contributed by atoms with E-state index in [1.807, 2.05) is 36.4 Å². The summed E-state index contributed by atoms with van der Waals surface area (Å²) in [6.45, 7) is 11.7. The van der Waals surface area contributed by atoms with Gasteiger partial charge >= 0.3 is 0 Å². The number of carbonyl (C=O) groups excluding carboxylic acids is 1. The van der Waals surface area contributed by atoms with E-state index in [1.165, 1.54) is 49.0 Å². The Bertz CT molecular complexity index is 1240. The summed E-state index contributed by atoms with van der Waals surface area (Å²) in [5.74, 6) is 0.917. The maximum atomic E-state index is 11.4. The van der Waals surface area contributed by atoms with Crippen molar-refractivity contribution in [2.24, 2.45) is 5.92 Å². The molecule has 1 aliphatic carbocycles. The fraction of sp³-hybridized carbons (Fsp3) is 0.375. The molecule has 6 heteroatoms. The highest BCUT2D eigenvalue weighted by Gasteiger charge is 2.38. The Labute approximate surface area is 225 Å². The average molecular weight is 509 g/mol. The van der Waals surface area contributed by atoms with Gasteiger partial charge in [-0.3, -0.25) is 10.0 Å². The van der Waals surface area contributed by atoms with E-state index in [4.69, 9.17) is 11.8 Å². The lowest BCUT2D eigenvalue weighted by Crippen LogP contribution is -2.38. The van der Waals surface area contributed by atoms with Crippen molar-refractivity contribution in [3.63, 3.8) is 0 Å². The van der Waals surface area contributed by atoms with Crippen molar-refractivity contribution in [3.8, 4) is 11.1 Å². The van der Waals surface area contributed by atoms with Gasteiger partial charge in [-0.1, -0.05) is 60.7 Å². The lowest BCUT2D eigenvalue weighted by Gasteiger charge is -2.32. The molecule has 2 atom stereocenters. The second-order valence-electron chi connectivity index (χ2n) is 10.7. The average Bonchev–Trinajstić information content (AvgIpc) is 3.76. The fourth-order valence-electron chi connectivity index (χ4n) is 5.57. The molecule has 0 aromatic heterocycles. The molecule has 1 aliphatic heterocycles. The number of amides is 1. The molecule has 3 aromatic rings. The molecular formula is C32H36N4O2. The topological polar surface area (TPSA) is 69.0 Å². The zero-order valence-corrected chi connectivity index (χ0v) is 21.8. The molecule has 2 unspecified atom stereocenters. The zero-order chi connectivity index (χ0) is 26.3. The molecule has 6 nitrogen and oxygen atoms in total. The van der Waals surface area contributed by atoms with Gasteiger partial charge in [0.1, 0.15) is 0 Å². The third-order valence-electron chi connectivity index (χ3n) is 8.09. The number of nitrogens with one attached hydrogen (secondary N) is 2. The number of likely N-dealkylation sites (tertiary alicyclic amines) is 1. The summed E-state index contributed by atoms with van der Waals surface area (Å²) >= 11 is 0. The molecule has 3 aromatic carbocycles. The van der Waals surface area contributed by atoms with Crippen molar-refractivity contribution >= 4 is 11.6 Å². The van der Waals surface area contributed by atoms with E-state index in [0.717, 1.165) is 37.4 Å². The monoisotopic (exact) mass is 508 g/mol. The van der Waals surface area contributed by atoms with Gasteiger partial charge in [0.05, 0.1) is 6.57 Å². The lowest BCUT2D eigenvalue weighted by molar-refractivity contribution is 0.0706. The third kappa shape index (κ3) is 6.68. The Balaban J connectivity index is 0.979. The van der Waals surface area contributed by atoms with Gasteiger partial charge in [0.25, 0.3) is 5.91 Å². The fourth-order valence-corrected chi connectivity index (χ4v) is 5.57. The number of piperidine rings is 1. The Morgan fingerprint density at radius 3 is 2.24 bits per heavy atom. The maximum absolute atomic E-state index is 11.4. The van der Waals surface area contributed by atoms with Gasteiger partial charge < -0.3 is 10.2 Å². The summed E-state index contributed by atoms with van der Waals surface area (Å²) < 4.78 is 0. The standard InChI is InChI=1S/C32H36N4O2/c1-33-29-14-12-26(13-15-29)25-8-10-27(11-9-25)30-21-31(30)34-22-24-16-19-36(20-17-24)18-2-3-23-4-6-28(7-5-23)32(37)35-38/h4-15,24,30-31,34,38H,2-3,16-22H2,(H,35,37).